The van der Waals surface area contributed by atoms with Crippen molar-refractivity contribution in [3.8, 4) is 0 Å². The second kappa shape index (κ2) is 9.76. The van der Waals surface area contributed by atoms with Gasteiger partial charge in [-0.3, -0.25) is 0 Å². The first kappa shape index (κ1) is 21.1. The number of guanidine groups is 1. The molecule has 1 aromatic carbocycles. The fourth-order valence-corrected chi connectivity index (χ4v) is 3.62. The highest BCUT2D eigenvalue weighted by molar-refractivity contribution is 5.80. The smallest absolute Gasteiger partial charge is 0.194 e. The molecule has 1 N–H and O–H groups in total. The van der Waals surface area contributed by atoms with Crippen molar-refractivity contribution in [3.05, 3.63) is 41.0 Å². The van der Waals surface area contributed by atoms with Gasteiger partial charge in [-0.15, -0.1) is 10.2 Å². The Morgan fingerprint density at radius 3 is 2.52 bits per heavy atom. The summed E-state index contributed by atoms with van der Waals surface area (Å²) in [5, 5.41) is 12.0. The fourth-order valence-electron chi connectivity index (χ4n) is 3.62. The molecule has 1 saturated heterocycles. The second-order valence-electron chi connectivity index (χ2n) is 7.84. The molecule has 0 atom stereocenters. The molecule has 0 amide bonds. The number of aryl methyl sites for hydroxylation is 2. The number of hydrogen-bond acceptors (Lipinski definition) is 4. The van der Waals surface area contributed by atoms with Crippen LogP contribution >= 0.6 is 0 Å². The van der Waals surface area contributed by atoms with Crippen molar-refractivity contribution in [3.63, 3.8) is 0 Å². The van der Waals surface area contributed by atoms with Gasteiger partial charge in [0.15, 0.2) is 11.8 Å². The molecule has 158 valence electrons. The molecule has 0 spiro atoms. The first-order valence-corrected chi connectivity index (χ1v) is 10.7. The summed E-state index contributed by atoms with van der Waals surface area (Å²) in [7, 11) is 1.99. The summed E-state index contributed by atoms with van der Waals surface area (Å²) >= 11 is 0. The Bertz CT molecular complexity index is 832. The van der Waals surface area contributed by atoms with Gasteiger partial charge in [0.05, 0.1) is 0 Å². The van der Waals surface area contributed by atoms with Crippen LogP contribution in [0.2, 0.25) is 0 Å². The Morgan fingerprint density at radius 2 is 1.86 bits per heavy atom. The highest BCUT2D eigenvalue weighted by Gasteiger charge is 2.21. The summed E-state index contributed by atoms with van der Waals surface area (Å²) in [4.78, 5) is 9.75. The number of nitrogens with one attached hydrogen (secondary N) is 1. The molecule has 7 nitrogen and oxygen atoms in total. The maximum atomic E-state index is 4.88. The van der Waals surface area contributed by atoms with E-state index in [2.05, 4.69) is 64.3 Å². The molecule has 2 aromatic rings. The van der Waals surface area contributed by atoms with Crippen molar-refractivity contribution in [1.29, 1.82) is 0 Å². The Labute approximate surface area is 174 Å². The summed E-state index contributed by atoms with van der Waals surface area (Å²) in [5.74, 6) is 2.80. The van der Waals surface area contributed by atoms with Gasteiger partial charge >= 0.3 is 0 Å². The molecule has 0 aliphatic carbocycles. The SMILES string of the molecule is CCCCNC(=NCc1nnc(C)n1C)N1CCN(c2cccc(C)c2C)CC1. The molecule has 7 heteroatoms. The third kappa shape index (κ3) is 5.08. The molecule has 1 aromatic heterocycles. The fraction of sp³-hybridized carbons (Fsp3) is 0.591. The van der Waals surface area contributed by atoms with E-state index in [0.717, 1.165) is 56.8 Å². The number of aliphatic imine (C=N–C) groups is 1. The van der Waals surface area contributed by atoms with E-state index in [1.807, 2.05) is 18.5 Å². The predicted molar refractivity (Wildman–Crippen MR) is 119 cm³/mol. The third-order valence-electron chi connectivity index (χ3n) is 5.86. The Morgan fingerprint density at radius 1 is 1.10 bits per heavy atom. The Hall–Kier alpha value is -2.57. The number of nitrogens with zero attached hydrogens (tertiary/aromatic N) is 6. The van der Waals surface area contributed by atoms with Crippen LogP contribution in [0, 0.1) is 20.8 Å². The van der Waals surface area contributed by atoms with Crippen molar-refractivity contribution in [2.45, 2.75) is 47.1 Å². The van der Waals surface area contributed by atoms with Crippen LogP contribution in [0.25, 0.3) is 0 Å². The topological polar surface area (TPSA) is 61.6 Å². The molecular formula is C22H35N7. The van der Waals surface area contributed by atoms with E-state index in [0.29, 0.717) is 6.54 Å². The molecule has 1 fully saturated rings. The number of unbranched alkanes of at least 4 members (excludes halogenated alkanes) is 1. The van der Waals surface area contributed by atoms with E-state index in [1.165, 1.54) is 23.2 Å². The van der Waals surface area contributed by atoms with Crippen molar-refractivity contribution < 1.29 is 0 Å². The van der Waals surface area contributed by atoms with E-state index in [1.54, 1.807) is 0 Å². The summed E-state index contributed by atoms with van der Waals surface area (Å²) < 4.78 is 2.01. The number of aromatic nitrogens is 3. The molecule has 29 heavy (non-hydrogen) atoms. The third-order valence-corrected chi connectivity index (χ3v) is 5.86. The summed E-state index contributed by atoms with van der Waals surface area (Å²) in [6.45, 7) is 14.0. The molecule has 0 radical (unpaired) electrons. The van der Waals surface area contributed by atoms with Crippen LogP contribution in [0.1, 0.15) is 42.5 Å². The average molecular weight is 398 g/mol. The van der Waals surface area contributed by atoms with Crippen LogP contribution < -0.4 is 10.2 Å². The van der Waals surface area contributed by atoms with Gasteiger partial charge in [-0.1, -0.05) is 25.5 Å². The second-order valence-corrected chi connectivity index (χ2v) is 7.84. The molecule has 0 bridgehead atoms. The molecular weight excluding hydrogens is 362 g/mol. The van der Waals surface area contributed by atoms with Crippen LogP contribution in [-0.4, -0.2) is 58.3 Å². The van der Waals surface area contributed by atoms with Gasteiger partial charge in [0.1, 0.15) is 12.4 Å². The minimum absolute atomic E-state index is 0.545. The van der Waals surface area contributed by atoms with E-state index in [-0.39, 0.29) is 0 Å². The first-order valence-electron chi connectivity index (χ1n) is 10.7. The maximum Gasteiger partial charge on any atom is 0.194 e. The minimum atomic E-state index is 0.545. The van der Waals surface area contributed by atoms with Crippen LogP contribution in [-0.2, 0) is 13.6 Å². The molecule has 1 aliphatic heterocycles. The largest absolute Gasteiger partial charge is 0.368 e. The number of anilines is 1. The maximum absolute atomic E-state index is 4.88. The van der Waals surface area contributed by atoms with Crippen LogP contribution in [0.3, 0.4) is 0 Å². The van der Waals surface area contributed by atoms with Gasteiger partial charge in [0.2, 0.25) is 0 Å². The van der Waals surface area contributed by atoms with E-state index < -0.39 is 0 Å². The lowest BCUT2D eigenvalue weighted by Crippen LogP contribution is -2.53. The molecule has 0 saturated carbocycles. The van der Waals surface area contributed by atoms with Crippen molar-refractivity contribution in [2.75, 3.05) is 37.6 Å². The molecule has 0 unspecified atom stereocenters. The standard InChI is InChI=1S/C22H35N7/c1-6-7-11-23-22(24-16-21-26-25-19(4)27(21)5)29-14-12-28(13-15-29)20-10-8-9-17(2)18(20)3/h8-10H,6-7,11-16H2,1-5H3,(H,23,24). The molecule has 2 heterocycles. The van der Waals surface area contributed by atoms with Crippen molar-refractivity contribution in [1.82, 2.24) is 25.0 Å². The lowest BCUT2D eigenvalue weighted by Gasteiger charge is -2.38. The van der Waals surface area contributed by atoms with E-state index in [4.69, 9.17) is 4.99 Å². The highest BCUT2D eigenvalue weighted by atomic mass is 15.4. The number of hydrogen-bond donors (Lipinski definition) is 1. The van der Waals surface area contributed by atoms with Crippen molar-refractivity contribution in [2.24, 2.45) is 12.0 Å². The quantitative estimate of drug-likeness (QED) is 0.461. The minimum Gasteiger partial charge on any atom is -0.368 e. The molecule has 3 rings (SSSR count). The highest BCUT2D eigenvalue weighted by Crippen LogP contribution is 2.23. The van der Waals surface area contributed by atoms with Crippen LogP contribution in [0.15, 0.2) is 23.2 Å². The zero-order valence-corrected chi connectivity index (χ0v) is 18.6. The van der Waals surface area contributed by atoms with Gasteiger partial charge < -0.3 is 19.7 Å². The average Bonchev–Trinajstić information content (AvgIpc) is 3.05. The summed E-state index contributed by atoms with van der Waals surface area (Å²) in [5.41, 5.74) is 4.09. The Kier molecular flexibility index (Phi) is 7.12. The number of piperazine rings is 1. The van der Waals surface area contributed by atoms with E-state index >= 15 is 0 Å². The Balaban J connectivity index is 1.68. The number of rotatable bonds is 6. The van der Waals surface area contributed by atoms with Crippen LogP contribution in [0.4, 0.5) is 5.69 Å². The lowest BCUT2D eigenvalue weighted by atomic mass is 10.1. The zero-order valence-electron chi connectivity index (χ0n) is 18.6. The number of benzene rings is 1. The van der Waals surface area contributed by atoms with Gasteiger partial charge in [0.25, 0.3) is 0 Å². The van der Waals surface area contributed by atoms with Gasteiger partial charge in [-0.25, -0.2) is 4.99 Å². The zero-order chi connectivity index (χ0) is 20.8. The van der Waals surface area contributed by atoms with Gasteiger partial charge in [-0.2, -0.15) is 0 Å². The normalized spacial score (nSPS) is 15.1. The molecule has 1 aliphatic rings. The summed E-state index contributed by atoms with van der Waals surface area (Å²) in [6, 6.07) is 6.58. The van der Waals surface area contributed by atoms with Gasteiger partial charge in [-0.05, 0) is 44.4 Å². The lowest BCUT2D eigenvalue weighted by molar-refractivity contribution is 0.371. The summed E-state index contributed by atoms with van der Waals surface area (Å²) in [6.07, 6.45) is 2.31. The van der Waals surface area contributed by atoms with E-state index in [9.17, 15) is 0 Å². The van der Waals surface area contributed by atoms with Crippen molar-refractivity contribution >= 4 is 11.6 Å². The predicted octanol–water partition coefficient (Wildman–Crippen LogP) is 2.81. The van der Waals surface area contributed by atoms with Gasteiger partial charge in [0, 0.05) is 45.5 Å². The van der Waals surface area contributed by atoms with Crippen LogP contribution in [0.5, 0.6) is 0 Å². The monoisotopic (exact) mass is 397 g/mol. The first-order chi connectivity index (χ1) is 14.0.